The Morgan fingerprint density at radius 3 is 2.47 bits per heavy atom. The smallest absolute Gasteiger partial charge is 0.193 e. The topological polar surface area (TPSA) is 17.1 Å². The molecule has 0 saturated carbocycles. The molecule has 0 spiro atoms. The van der Waals surface area contributed by atoms with Gasteiger partial charge in [0, 0.05) is 11.1 Å². The number of halogens is 2. The molecular formula is C14H10ClFO. The molecule has 86 valence electrons. The maximum Gasteiger partial charge on any atom is 0.193 e. The second-order valence-electron chi connectivity index (χ2n) is 3.83. The zero-order valence-electron chi connectivity index (χ0n) is 9.21. The van der Waals surface area contributed by atoms with Crippen LogP contribution < -0.4 is 0 Å². The summed E-state index contributed by atoms with van der Waals surface area (Å²) in [5.41, 5.74) is 1.84. The van der Waals surface area contributed by atoms with Gasteiger partial charge in [-0.3, -0.25) is 4.79 Å². The summed E-state index contributed by atoms with van der Waals surface area (Å²) in [4.78, 5) is 12.1. The average molecular weight is 249 g/mol. The highest BCUT2D eigenvalue weighted by molar-refractivity contribution is 6.30. The Labute approximate surface area is 104 Å². The van der Waals surface area contributed by atoms with Crippen LogP contribution in [0.3, 0.4) is 0 Å². The summed E-state index contributed by atoms with van der Waals surface area (Å²) < 4.78 is 13.3. The Morgan fingerprint density at radius 1 is 1.12 bits per heavy atom. The highest BCUT2D eigenvalue weighted by Gasteiger charge is 2.11. The molecule has 0 radical (unpaired) electrons. The summed E-state index contributed by atoms with van der Waals surface area (Å²) in [6, 6.07) is 11.3. The molecule has 2 aromatic carbocycles. The van der Waals surface area contributed by atoms with Gasteiger partial charge in [0.05, 0.1) is 5.02 Å². The second kappa shape index (κ2) is 4.68. The first kappa shape index (κ1) is 11.8. The van der Waals surface area contributed by atoms with Crippen LogP contribution in [0.1, 0.15) is 21.5 Å². The highest BCUT2D eigenvalue weighted by Crippen LogP contribution is 2.18. The molecule has 3 heteroatoms. The maximum atomic E-state index is 13.3. The normalized spacial score (nSPS) is 10.3. The number of hydrogen-bond acceptors (Lipinski definition) is 1. The summed E-state index contributed by atoms with van der Waals surface area (Å²) in [6.07, 6.45) is 0. The lowest BCUT2D eigenvalue weighted by Gasteiger charge is -2.03. The van der Waals surface area contributed by atoms with Crippen molar-refractivity contribution >= 4 is 17.4 Å². The number of carbonyl (C=O) groups excluding carboxylic acids is 1. The third-order valence-corrected chi connectivity index (χ3v) is 2.77. The number of benzene rings is 2. The van der Waals surface area contributed by atoms with E-state index in [0.29, 0.717) is 11.1 Å². The lowest BCUT2D eigenvalue weighted by Crippen LogP contribution is -2.02. The van der Waals surface area contributed by atoms with Gasteiger partial charge in [0.25, 0.3) is 0 Å². The Balaban J connectivity index is 2.40. The lowest BCUT2D eigenvalue weighted by atomic mass is 10.0. The molecule has 0 atom stereocenters. The van der Waals surface area contributed by atoms with E-state index in [2.05, 4.69) is 0 Å². The van der Waals surface area contributed by atoms with Crippen molar-refractivity contribution in [3.05, 3.63) is 70.0 Å². The van der Waals surface area contributed by atoms with E-state index in [0.717, 1.165) is 11.6 Å². The van der Waals surface area contributed by atoms with Gasteiger partial charge in [0.15, 0.2) is 5.78 Å². The van der Waals surface area contributed by atoms with E-state index in [1.165, 1.54) is 12.1 Å². The van der Waals surface area contributed by atoms with Crippen molar-refractivity contribution in [2.75, 3.05) is 0 Å². The van der Waals surface area contributed by atoms with Gasteiger partial charge < -0.3 is 0 Å². The minimum atomic E-state index is -0.579. The highest BCUT2D eigenvalue weighted by atomic mass is 35.5. The Kier molecular flexibility index (Phi) is 3.25. The number of rotatable bonds is 2. The third kappa shape index (κ3) is 2.53. The van der Waals surface area contributed by atoms with Crippen LogP contribution in [0.25, 0.3) is 0 Å². The van der Waals surface area contributed by atoms with Crippen LogP contribution in [-0.4, -0.2) is 5.78 Å². The van der Waals surface area contributed by atoms with Crippen molar-refractivity contribution in [3.8, 4) is 0 Å². The van der Waals surface area contributed by atoms with E-state index in [1.807, 2.05) is 13.0 Å². The van der Waals surface area contributed by atoms with Gasteiger partial charge in [-0.2, -0.15) is 0 Å². The van der Waals surface area contributed by atoms with Gasteiger partial charge in [-0.25, -0.2) is 4.39 Å². The van der Waals surface area contributed by atoms with Gasteiger partial charge in [0.2, 0.25) is 0 Å². The standard InChI is InChI=1S/C14H10ClFO/c1-9-3-2-4-10(7-9)14(17)11-5-6-12(15)13(16)8-11/h2-8H,1H3. The van der Waals surface area contributed by atoms with E-state index < -0.39 is 5.82 Å². The monoisotopic (exact) mass is 248 g/mol. The van der Waals surface area contributed by atoms with Crippen molar-refractivity contribution < 1.29 is 9.18 Å². The molecule has 0 aromatic heterocycles. The molecule has 0 N–H and O–H groups in total. The molecule has 2 rings (SSSR count). The van der Waals surface area contributed by atoms with Gasteiger partial charge in [0.1, 0.15) is 5.82 Å². The quantitative estimate of drug-likeness (QED) is 0.734. The fraction of sp³-hybridized carbons (Fsp3) is 0.0714. The summed E-state index contributed by atoms with van der Waals surface area (Å²) >= 11 is 5.57. The van der Waals surface area contributed by atoms with E-state index in [4.69, 9.17) is 11.6 Å². The molecule has 0 unspecified atom stereocenters. The van der Waals surface area contributed by atoms with E-state index >= 15 is 0 Å². The number of hydrogen-bond donors (Lipinski definition) is 0. The lowest BCUT2D eigenvalue weighted by molar-refractivity contribution is 0.103. The molecule has 0 aliphatic carbocycles. The molecule has 0 aliphatic heterocycles. The molecule has 0 amide bonds. The van der Waals surface area contributed by atoms with Gasteiger partial charge in [-0.15, -0.1) is 0 Å². The fourth-order valence-electron chi connectivity index (χ4n) is 1.59. The minimum absolute atomic E-state index is 0.0193. The first-order chi connectivity index (χ1) is 8.08. The maximum absolute atomic E-state index is 13.3. The number of aryl methyl sites for hydroxylation is 1. The second-order valence-corrected chi connectivity index (χ2v) is 4.23. The zero-order chi connectivity index (χ0) is 12.4. The van der Waals surface area contributed by atoms with Gasteiger partial charge in [-0.1, -0.05) is 35.4 Å². The fourth-order valence-corrected chi connectivity index (χ4v) is 1.71. The summed E-state index contributed by atoms with van der Waals surface area (Å²) in [5.74, 6) is -0.783. The SMILES string of the molecule is Cc1cccc(C(=O)c2ccc(Cl)c(F)c2)c1. The first-order valence-corrected chi connectivity index (χ1v) is 5.52. The van der Waals surface area contributed by atoms with Crippen LogP contribution in [-0.2, 0) is 0 Å². The van der Waals surface area contributed by atoms with Crippen molar-refractivity contribution in [1.29, 1.82) is 0 Å². The molecule has 0 bridgehead atoms. The first-order valence-electron chi connectivity index (χ1n) is 5.14. The molecule has 0 saturated heterocycles. The van der Waals surface area contributed by atoms with Crippen molar-refractivity contribution in [1.82, 2.24) is 0 Å². The Hall–Kier alpha value is -1.67. The minimum Gasteiger partial charge on any atom is -0.289 e. The number of carbonyl (C=O) groups is 1. The van der Waals surface area contributed by atoms with E-state index in [1.54, 1.807) is 18.2 Å². The molecule has 0 fully saturated rings. The predicted molar refractivity (Wildman–Crippen MR) is 66.0 cm³/mol. The third-order valence-electron chi connectivity index (χ3n) is 2.46. The largest absolute Gasteiger partial charge is 0.289 e. The van der Waals surface area contributed by atoms with Crippen LogP contribution in [0.5, 0.6) is 0 Å². The van der Waals surface area contributed by atoms with Gasteiger partial charge >= 0.3 is 0 Å². The van der Waals surface area contributed by atoms with Crippen LogP contribution in [0.15, 0.2) is 42.5 Å². The molecule has 1 nitrogen and oxygen atoms in total. The predicted octanol–water partition coefficient (Wildman–Crippen LogP) is 4.02. The van der Waals surface area contributed by atoms with Gasteiger partial charge in [-0.05, 0) is 31.2 Å². The summed E-state index contributed by atoms with van der Waals surface area (Å²) in [5, 5.41) is 0.0193. The van der Waals surface area contributed by atoms with Crippen LogP contribution in [0, 0.1) is 12.7 Å². The van der Waals surface area contributed by atoms with Crippen LogP contribution >= 0.6 is 11.6 Å². The van der Waals surface area contributed by atoms with E-state index in [-0.39, 0.29) is 10.8 Å². The Morgan fingerprint density at radius 2 is 1.82 bits per heavy atom. The van der Waals surface area contributed by atoms with Crippen LogP contribution in [0.2, 0.25) is 5.02 Å². The number of ketones is 1. The Bertz CT molecular complexity index is 578. The van der Waals surface area contributed by atoms with E-state index in [9.17, 15) is 9.18 Å². The molecule has 17 heavy (non-hydrogen) atoms. The molecular weight excluding hydrogens is 239 g/mol. The summed E-state index contributed by atoms with van der Waals surface area (Å²) in [7, 11) is 0. The molecule has 0 heterocycles. The van der Waals surface area contributed by atoms with Crippen molar-refractivity contribution in [2.45, 2.75) is 6.92 Å². The van der Waals surface area contributed by atoms with Crippen molar-refractivity contribution in [3.63, 3.8) is 0 Å². The zero-order valence-corrected chi connectivity index (χ0v) is 9.96. The molecule has 0 aliphatic rings. The van der Waals surface area contributed by atoms with Crippen LogP contribution in [0.4, 0.5) is 4.39 Å². The summed E-state index contributed by atoms with van der Waals surface area (Å²) in [6.45, 7) is 1.90. The average Bonchev–Trinajstić information content (AvgIpc) is 2.32. The molecule has 2 aromatic rings. The van der Waals surface area contributed by atoms with Crippen molar-refractivity contribution in [2.24, 2.45) is 0 Å².